The predicted octanol–water partition coefficient (Wildman–Crippen LogP) is 12.8. The number of hydrogen-bond donors (Lipinski definition) is 0. The van der Waals surface area contributed by atoms with Crippen molar-refractivity contribution >= 4 is 21.8 Å². The van der Waals surface area contributed by atoms with Crippen LogP contribution in [0.4, 0.5) is 0 Å². The smallest absolute Gasteiger partial charge is 0.163 e. The van der Waals surface area contributed by atoms with Gasteiger partial charge >= 0.3 is 0 Å². The van der Waals surface area contributed by atoms with Crippen LogP contribution in [0, 0.1) is 13.8 Å². The Morgan fingerprint density at radius 2 is 0.730 bits per heavy atom. The van der Waals surface area contributed by atoms with E-state index in [0.29, 0.717) is 29.1 Å². The van der Waals surface area contributed by atoms with Crippen LogP contribution in [0.25, 0.3) is 107 Å². The summed E-state index contributed by atoms with van der Waals surface area (Å²) in [6, 6.07) is 66.6. The first-order valence-corrected chi connectivity index (χ1v) is 20.9. The van der Waals surface area contributed by atoms with E-state index in [1.807, 2.05) is 86.6 Å². The minimum atomic E-state index is 0.605. The maximum atomic E-state index is 5.39. The zero-order chi connectivity index (χ0) is 42.3. The molecule has 0 aliphatic carbocycles. The van der Waals surface area contributed by atoms with Gasteiger partial charge < -0.3 is 4.57 Å². The molecule has 0 aliphatic rings. The lowest BCUT2D eigenvalue weighted by Gasteiger charge is -2.17. The van der Waals surface area contributed by atoms with Gasteiger partial charge in [-0.05, 0) is 56.3 Å². The summed E-state index contributed by atoms with van der Waals surface area (Å²) in [6.45, 7) is 3.80. The first-order valence-electron chi connectivity index (χ1n) is 20.9. The van der Waals surface area contributed by atoms with Gasteiger partial charge in [0.1, 0.15) is 11.6 Å². The van der Waals surface area contributed by atoms with Crippen LogP contribution in [-0.4, -0.2) is 39.5 Å². The molecule has 0 spiro atoms. The molecule has 0 saturated carbocycles. The SMILES string of the molecule is Cc1nc(C)nc(-c2ccc3c4ccccc4n(-c4ccc(-c5nc(-c6ccccc6)cc(-c6ccccc6)n5)cc4-c4cc(-c5ccccc5)nc(-c5ccccc5)n4)c3c2)n1. The molecule has 0 N–H and O–H groups in total. The van der Waals surface area contributed by atoms with Gasteiger partial charge in [-0.25, -0.2) is 34.9 Å². The molecule has 0 unspecified atom stereocenters. The fourth-order valence-electron chi connectivity index (χ4n) is 8.34. The molecule has 11 rings (SSSR count). The summed E-state index contributed by atoms with van der Waals surface area (Å²) in [5.41, 5.74) is 12.8. The van der Waals surface area contributed by atoms with E-state index in [2.05, 4.69) is 131 Å². The number of nitrogens with zero attached hydrogens (tertiary/aromatic N) is 8. The van der Waals surface area contributed by atoms with Gasteiger partial charge in [-0.3, -0.25) is 0 Å². The maximum absolute atomic E-state index is 5.39. The molecule has 8 heteroatoms. The summed E-state index contributed by atoms with van der Waals surface area (Å²) in [5.74, 6) is 3.22. The molecule has 298 valence electrons. The first-order chi connectivity index (χ1) is 31.0. The van der Waals surface area contributed by atoms with Crippen LogP contribution in [0.15, 0.2) is 194 Å². The Morgan fingerprint density at radius 1 is 0.302 bits per heavy atom. The van der Waals surface area contributed by atoms with Gasteiger partial charge in [-0.15, -0.1) is 0 Å². The van der Waals surface area contributed by atoms with Crippen molar-refractivity contribution in [2.75, 3.05) is 0 Å². The highest BCUT2D eigenvalue weighted by atomic mass is 15.0. The van der Waals surface area contributed by atoms with Crippen molar-refractivity contribution in [3.05, 3.63) is 206 Å². The lowest BCUT2D eigenvalue weighted by atomic mass is 10.0. The summed E-state index contributed by atoms with van der Waals surface area (Å²) in [6.07, 6.45) is 0. The number of aryl methyl sites for hydroxylation is 2. The Morgan fingerprint density at radius 3 is 1.32 bits per heavy atom. The predicted molar refractivity (Wildman–Crippen MR) is 253 cm³/mol. The second kappa shape index (κ2) is 15.8. The highest BCUT2D eigenvalue weighted by Crippen LogP contribution is 2.40. The van der Waals surface area contributed by atoms with Crippen molar-refractivity contribution in [3.63, 3.8) is 0 Å². The number of para-hydroxylation sites is 1. The number of hydrogen-bond acceptors (Lipinski definition) is 7. The van der Waals surface area contributed by atoms with E-state index < -0.39 is 0 Å². The topological polar surface area (TPSA) is 95.2 Å². The summed E-state index contributed by atoms with van der Waals surface area (Å²) < 4.78 is 2.33. The molecule has 0 aliphatic heterocycles. The standard InChI is InChI=1S/C55H38N8/c1-35-56-36(2)58-54(57-35)42-27-29-44-43-25-15-16-26-50(43)63(52(44)32-42)51-30-28-41(55-60-46(37-17-7-3-8-18-37)33-47(61-55)38-19-9-4-10-20-38)31-45(51)49-34-48(39-21-11-5-12-22-39)59-53(62-49)40-23-13-6-14-24-40/h3-34H,1-2H3. The number of rotatable bonds is 8. The van der Waals surface area contributed by atoms with E-state index in [1.54, 1.807) is 0 Å². The van der Waals surface area contributed by atoms with Crippen molar-refractivity contribution in [1.82, 2.24) is 39.5 Å². The van der Waals surface area contributed by atoms with E-state index >= 15 is 0 Å². The Hall–Kier alpha value is -8.49. The number of benzene rings is 7. The number of fused-ring (bicyclic) bond motifs is 3. The quantitative estimate of drug-likeness (QED) is 0.151. The second-order valence-electron chi connectivity index (χ2n) is 15.5. The second-order valence-corrected chi connectivity index (χ2v) is 15.5. The van der Waals surface area contributed by atoms with Crippen LogP contribution in [0.5, 0.6) is 0 Å². The fraction of sp³-hybridized carbons (Fsp3) is 0.0364. The van der Waals surface area contributed by atoms with E-state index in [1.165, 1.54) is 0 Å². The molecule has 0 radical (unpaired) electrons. The highest BCUT2D eigenvalue weighted by molar-refractivity contribution is 6.10. The van der Waals surface area contributed by atoms with E-state index in [4.69, 9.17) is 29.9 Å². The van der Waals surface area contributed by atoms with Gasteiger partial charge in [-0.2, -0.15) is 0 Å². The molecule has 0 bridgehead atoms. The molecule has 0 saturated heterocycles. The molecule has 0 amide bonds. The zero-order valence-corrected chi connectivity index (χ0v) is 34.6. The Balaban J connectivity index is 1.21. The third kappa shape index (κ3) is 7.19. The zero-order valence-electron chi connectivity index (χ0n) is 34.6. The number of aromatic nitrogens is 8. The van der Waals surface area contributed by atoms with Crippen LogP contribution in [0.1, 0.15) is 11.6 Å². The molecule has 4 aromatic heterocycles. The van der Waals surface area contributed by atoms with Crippen LogP contribution in [0.3, 0.4) is 0 Å². The monoisotopic (exact) mass is 810 g/mol. The lowest BCUT2D eigenvalue weighted by molar-refractivity contribution is 0.928. The molecule has 63 heavy (non-hydrogen) atoms. The van der Waals surface area contributed by atoms with Crippen molar-refractivity contribution in [2.24, 2.45) is 0 Å². The summed E-state index contributed by atoms with van der Waals surface area (Å²) >= 11 is 0. The van der Waals surface area contributed by atoms with E-state index in [9.17, 15) is 0 Å². The largest absolute Gasteiger partial charge is 0.309 e. The summed E-state index contributed by atoms with van der Waals surface area (Å²) in [7, 11) is 0. The minimum absolute atomic E-state index is 0.605. The van der Waals surface area contributed by atoms with Crippen LogP contribution in [-0.2, 0) is 0 Å². The summed E-state index contributed by atoms with van der Waals surface area (Å²) in [4.78, 5) is 35.0. The minimum Gasteiger partial charge on any atom is -0.309 e. The van der Waals surface area contributed by atoms with Crippen molar-refractivity contribution in [1.29, 1.82) is 0 Å². The van der Waals surface area contributed by atoms with Gasteiger partial charge in [0.2, 0.25) is 0 Å². The highest BCUT2D eigenvalue weighted by Gasteiger charge is 2.21. The lowest BCUT2D eigenvalue weighted by Crippen LogP contribution is -2.03. The Bertz CT molecular complexity index is 3320. The van der Waals surface area contributed by atoms with Gasteiger partial charge in [0.05, 0.1) is 39.5 Å². The molecule has 0 fully saturated rings. The van der Waals surface area contributed by atoms with Crippen molar-refractivity contribution < 1.29 is 0 Å². The van der Waals surface area contributed by atoms with Gasteiger partial charge in [0.25, 0.3) is 0 Å². The van der Waals surface area contributed by atoms with Gasteiger partial charge in [-0.1, -0.05) is 152 Å². The Kier molecular flexibility index (Phi) is 9.43. The maximum Gasteiger partial charge on any atom is 0.163 e. The molecule has 0 atom stereocenters. The van der Waals surface area contributed by atoms with Crippen LogP contribution < -0.4 is 0 Å². The van der Waals surface area contributed by atoms with Crippen LogP contribution in [0.2, 0.25) is 0 Å². The molecule has 4 heterocycles. The van der Waals surface area contributed by atoms with E-state index in [-0.39, 0.29) is 0 Å². The van der Waals surface area contributed by atoms with Gasteiger partial charge in [0, 0.05) is 49.7 Å². The molecule has 7 aromatic carbocycles. The molecular weight excluding hydrogens is 773 g/mol. The third-order valence-corrected chi connectivity index (χ3v) is 11.3. The van der Waals surface area contributed by atoms with Crippen molar-refractivity contribution in [2.45, 2.75) is 13.8 Å². The van der Waals surface area contributed by atoms with Crippen LogP contribution >= 0.6 is 0 Å². The van der Waals surface area contributed by atoms with E-state index in [0.717, 1.165) is 89.2 Å². The van der Waals surface area contributed by atoms with Crippen molar-refractivity contribution in [3.8, 4) is 84.9 Å². The average molecular weight is 811 g/mol. The van der Waals surface area contributed by atoms with Gasteiger partial charge in [0.15, 0.2) is 17.5 Å². The normalized spacial score (nSPS) is 11.3. The summed E-state index contributed by atoms with van der Waals surface area (Å²) in [5, 5.41) is 2.23. The molecule has 11 aromatic rings. The molecule has 8 nitrogen and oxygen atoms in total. The molecular formula is C55H38N8. The first kappa shape index (κ1) is 37.5. The fourth-order valence-corrected chi connectivity index (χ4v) is 8.34. The third-order valence-electron chi connectivity index (χ3n) is 11.3. The average Bonchev–Trinajstić information content (AvgIpc) is 3.68. The Labute approximate surface area is 364 Å².